The van der Waals surface area contributed by atoms with Gasteiger partial charge in [-0.2, -0.15) is 10.4 Å². The van der Waals surface area contributed by atoms with Crippen LogP contribution in [0, 0.1) is 11.3 Å². The smallest absolute Gasteiger partial charge is 0.238 e. The third-order valence-electron chi connectivity index (χ3n) is 1.96. The minimum absolute atomic E-state index is 0.135. The van der Waals surface area contributed by atoms with E-state index < -0.39 is 0 Å². The summed E-state index contributed by atoms with van der Waals surface area (Å²) in [7, 11) is 0. The first-order chi connectivity index (χ1) is 7.29. The topological polar surface area (TPSA) is 81.6 Å². The number of amides is 1. The number of hydrogen-bond acceptors (Lipinski definition) is 3. The van der Waals surface area contributed by atoms with Crippen LogP contribution in [-0.2, 0) is 4.79 Å². The third-order valence-corrected chi connectivity index (χ3v) is 1.96. The van der Waals surface area contributed by atoms with Gasteiger partial charge in [-0.05, 0) is 18.2 Å². The second-order valence-corrected chi connectivity index (χ2v) is 3.06. The largest absolute Gasteiger partial charge is 0.325 e. The van der Waals surface area contributed by atoms with Gasteiger partial charge in [0.05, 0.1) is 17.8 Å². The van der Waals surface area contributed by atoms with Gasteiger partial charge in [0.2, 0.25) is 5.91 Å². The number of carbonyl (C=O) groups excluding carboxylic acids is 1. The van der Waals surface area contributed by atoms with Gasteiger partial charge < -0.3 is 5.32 Å². The van der Waals surface area contributed by atoms with E-state index in [1.807, 2.05) is 6.07 Å². The van der Waals surface area contributed by atoms with Crippen molar-refractivity contribution in [2.75, 3.05) is 5.32 Å². The molecule has 2 aromatic rings. The number of nitrogens with one attached hydrogen (secondary N) is 2. The fourth-order valence-electron chi connectivity index (χ4n) is 1.30. The molecule has 1 aromatic heterocycles. The van der Waals surface area contributed by atoms with Crippen LogP contribution >= 0.6 is 0 Å². The molecule has 1 amide bonds. The van der Waals surface area contributed by atoms with E-state index in [0.29, 0.717) is 5.69 Å². The zero-order valence-corrected chi connectivity index (χ0v) is 7.82. The van der Waals surface area contributed by atoms with E-state index in [9.17, 15) is 4.79 Å². The van der Waals surface area contributed by atoms with Gasteiger partial charge in [0, 0.05) is 11.1 Å². The number of fused-ring (bicyclic) bond motifs is 1. The standard InChI is InChI=1S/C10H8N4O/c11-4-3-10(15)13-8-1-2-9-7(5-8)6-12-14-9/h1-2,5-6H,3H2,(H,12,14)(H,13,15). The molecule has 5 heteroatoms. The maximum absolute atomic E-state index is 11.1. The average Bonchev–Trinajstić information content (AvgIpc) is 2.65. The number of aromatic amines is 1. The Balaban J connectivity index is 2.22. The van der Waals surface area contributed by atoms with Crippen molar-refractivity contribution in [1.29, 1.82) is 5.26 Å². The zero-order chi connectivity index (χ0) is 10.7. The van der Waals surface area contributed by atoms with Crippen LogP contribution in [0.15, 0.2) is 24.4 Å². The van der Waals surface area contributed by atoms with Crippen LogP contribution in [0.2, 0.25) is 0 Å². The number of aromatic nitrogens is 2. The lowest BCUT2D eigenvalue weighted by atomic mass is 10.2. The monoisotopic (exact) mass is 200 g/mol. The molecule has 2 N–H and O–H groups in total. The van der Waals surface area contributed by atoms with Gasteiger partial charge in [-0.1, -0.05) is 0 Å². The molecule has 2 rings (SSSR count). The summed E-state index contributed by atoms with van der Waals surface area (Å²) in [5.74, 6) is -0.305. The summed E-state index contributed by atoms with van der Waals surface area (Å²) >= 11 is 0. The van der Waals surface area contributed by atoms with Crippen molar-refractivity contribution in [2.24, 2.45) is 0 Å². The van der Waals surface area contributed by atoms with Gasteiger partial charge in [0.1, 0.15) is 6.42 Å². The number of H-pyrrole nitrogens is 1. The van der Waals surface area contributed by atoms with Crippen LogP contribution in [0.4, 0.5) is 5.69 Å². The van der Waals surface area contributed by atoms with Crippen LogP contribution in [0.25, 0.3) is 10.9 Å². The molecule has 0 fully saturated rings. The molecule has 0 aliphatic rings. The molecule has 1 heterocycles. The van der Waals surface area contributed by atoms with Crippen LogP contribution in [0.1, 0.15) is 6.42 Å². The molecular weight excluding hydrogens is 192 g/mol. The lowest BCUT2D eigenvalue weighted by Gasteiger charge is -2.01. The Bertz CT molecular complexity index is 538. The fraction of sp³-hybridized carbons (Fsp3) is 0.100. The van der Waals surface area contributed by atoms with E-state index in [0.717, 1.165) is 10.9 Å². The Morgan fingerprint density at radius 2 is 2.47 bits per heavy atom. The lowest BCUT2D eigenvalue weighted by Crippen LogP contribution is -2.09. The van der Waals surface area contributed by atoms with Crippen molar-refractivity contribution in [3.63, 3.8) is 0 Å². The highest BCUT2D eigenvalue weighted by molar-refractivity contribution is 5.94. The molecule has 0 bridgehead atoms. The molecule has 0 saturated carbocycles. The Morgan fingerprint density at radius 1 is 1.60 bits per heavy atom. The Kier molecular flexibility index (Phi) is 2.33. The summed E-state index contributed by atoms with van der Waals surface area (Å²) in [5.41, 5.74) is 1.58. The first-order valence-corrected chi connectivity index (χ1v) is 4.39. The van der Waals surface area contributed by atoms with Gasteiger partial charge in [-0.3, -0.25) is 9.89 Å². The second-order valence-electron chi connectivity index (χ2n) is 3.06. The van der Waals surface area contributed by atoms with Gasteiger partial charge in [0.15, 0.2) is 0 Å². The van der Waals surface area contributed by atoms with Crippen molar-refractivity contribution < 1.29 is 4.79 Å². The van der Waals surface area contributed by atoms with Crippen LogP contribution in [-0.4, -0.2) is 16.1 Å². The molecule has 0 spiro atoms. The van der Waals surface area contributed by atoms with Crippen molar-refractivity contribution in [3.05, 3.63) is 24.4 Å². The predicted molar refractivity (Wildman–Crippen MR) is 55.0 cm³/mol. The molecule has 1 aromatic carbocycles. The van der Waals surface area contributed by atoms with Crippen molar-refractivity contribution in [1.82, 2.24) is 10.2 Å². The van der Waals surface area contributed by atoms with E-state index in [1.54, 1.807) is 24.4 Å². The van der Waals surface area contributed by atoms with E-state index in [1.165, 1.54) is 0 Å². The van der Waals surface area contributed by atoms with Crippen LogP contribution in [0.5, 0.6) is 0 Å². The molecule has 15 heavy (non-hydrogen) atoms. The predicted octanol–water partition coefficient (Wildman–Crippen LogP) is 1.42. The number of carbonyl (C=O) groups is 1. The molecule has 5 nitrogen and oxygen atoms in total. The molecule has 0 aliphatic carbocycles. The fourth-order valence-corrected chi connectivity index (χ4v) is 1.30. The van der Waals surface area contributed by atoms with Crippen molar-refractivity contribution in [2.45, 2.75) is 6.42 Å². The normalized spacial score (nSPS) is 9.80. The first-order valence-electron chi connectivity index (χ1n) is 4.39. The maximum atomic E-state index is 11.1. The number of nitrogens with zero attached hydrogens (tertiary/aromatic N) is 2. The molecule has 74 valence electrons. The third kappa shape index (κ3) is 1.94. The highest BCUT2D eigenvalue weighted by Crippen LogP contribution is 2.16. The van der Waals surface area contributed by atoms with Gasteiger partial charge in [-0.25, -0.2) is 0 Å². The summed E-state index contributed by atoms with van der Waals surface area (Å²) in [5, 5.41) is 18.5. The van der Waals surface area contributed by atoms with E-state index in [-0.39, 0.29) is 12.3 Å². The Hall–Kier alpha value is -2.35. The van der Waals surface area contributed by atoms with E-state index in [4.69, 9.17) is 5.26 Å². The Labute approximate surface area is 85.7 Å². The SMILES string of the molecule is N#CCC(=O)Nc1ccc2[nH]ncc2c1. The van der Waals surface area contributed by atoms with Gasteiger partial charge in [-0.15, -0.1) is 0 Å². The van der Waals surface area contributed by atoms with Crippen molar-refractivity contribution in [3.8, 4) is 6.07 Å². The number of anilines is 1. The maximum Gasteiger partial charge on any atom is 0.238 e. The average molecular weight is 200 g/mol. The molecule has 0 radical (unpaired) electrons. The van der Waals surface area contributed by atoms with Crippen LogP contribution < -0.4 is 5.32 Å². The lowest BCUT2D eigenvalue weighted by molar-refractivity contribution is -0.115. The summed E-state index contributed by atoms with van der Waals surface area (Å²) < 4.78 is 0. The zero-order valence-electron chi connectivity index (χ0n) is 7.82. The van der Waals surface area contributed by atoms with E-state index in [2.05, 4.69) is 15.5 Å². The Morgan fingerprint density at radius 3 is 3.27 bits per heavy atom. The molecular formula is C10H8N4O. The molecule has 0 saturated heterocycles. The first kappa shape index (κ1) is 9.21. The summed E-state index contributed by atoms with van der Waals surface area (Å²) in [6, 6.07) is 7.17. The molecule has 0 aliphatic heterocycles. The number of hydrogen-bond donors (Lipinski definition) is 2. The quantitative estimate of drug-likeness (QED) is 0.769. The minimum atomic E-state index is -0.305. The summed E-state index contributed by atoms with van der Waals surface area (Å²) in [6.45, 7) is 0. The minimum Gasteiger partial charge on any atom is -0.325 e. The van der Waals surface area contributed by atoms with Gasteiger partial charge in [0.25, 0.3) is 0 Å². The highest BCUT2D eigenvalue weighted by Gasteiger charge is 2.02. The summed E-state index contributed by atoms with van der Waals surface area (Å²) in [6.07, 6.45) is 1.54. The molecule has 0 unspecified atom stereocenters. The number of nitriles is 1. The number of rotatable bonds is 2. The highest BCUT2D eigenvalue weighted by atomic mass is 16.1. The van der Waals surface area contributed by atoms with E-state index >= 15 is 0 Å². The second kappa shape index (κ2) is 3.80. The number of benzene rings is 1. The van der Waals surface area contributed by atoms with Gasteiger partial charge >= 0.3 is 0 Å². The summed E-state index contributed by atoms with van der Waals surface area (Å²) in [4.78, 5) is 11.1. The molecule has 0 atom stereocenters. The van der Waals surface area contributed by atoms with Crippen molar-refractivity contribution >= 4 is 22.5 Å². The van der Waals surface area contributed by atoms with Crippen LogP contribution in [0.3, 0.4) is 0 Å².